The van der Waals surface area contributed by atoms with Crippen molar-refractivity contribution in [1.82, 2.24) is 15.3 Å². The molecule has 0 aliphatic rings. The minimum absolute atomic E-state index is 0.0542. The van der Waals surface area contributed by atoms with E-state index in [2.05, 4.69) is 15.3 Å². The third kappa shape index (κ3) is 3.11. The molecule has 0 aliphatic carbocycles. The van der Waals surface area contributed by atoms with Gasteiger partial charge in [0, 0.05) is 24.3 Å². The van der Waals surface area contributed by atoms with Crippen molar-refractivity contribution in [3.63, 3.8) is 0 Å². The Kier molecular flexibility index (Phi) is 3.99. The number of hydrogen-bond donors (Lipinski definition) is 1. The molecule has 1 aromatic heterocycles. The van der Waals surface area contributed by atoms with Gasteiger partial charge in [0.15, 0.2) is 0 Å². The van der Waals surface area contributed by atoms with E-state index in [4.69, 9.17) is 0 Å². The van der Waals surface area contributed by atoms with Crippen LogP contribution in [0.4, 0.5) is 4.39 Å². The Balaban J connectivity index is 2.00. The van der Waals surface area contributed by atoms with Crippen LogP contribution in [0.1, 0.15) is 30.0 Å². The quantitative estimate of drug-likeness (QED) is 0.900. The van der Waals surface area contributed by atoms with Crippen molar-refractivity contribution in [2.45, 2.75) is 26.4 Å². The highest BCUT2D eigenvalue weighted by atomic mass is 19.1. The first kappa shape index (κ1) is 12.6. The minimum atomic E-state index is -0.184. The maximum atomic E-state index is 13.6. The van der Waals surface area contributed by atoms with Crippen molar-refractivity contribution in [1.29, 1.82) is 0 Å². The molecular weight excluding hydrogens is 229 g/mol. The highest BCUT2D eigenvalue weighted by Gasteiger charge is 2.09. The molecule has 0 saturated carbocycles. The molecule has 1 N–H and O–H groups in total. The zero-order valence-corrected chi connectivity index (χ0v) is 10.5. The fourth-order valence-electron chi connectivity index (χ4n) is 1.80. The largest absolute Gasteiger partial charge is 0.304 e. The fourth-order valence-corrected chi connectivity index (χ4v) is 1.80. The Morgan fingerprint density at radius 1 is 1.28 bits per heavy atom. The second kappa shape index (κ2) is 5.69. The third-order valence-electron chi connectivity index (χ3n) is 2.79. The van der Waals surface area contributed by atoms with E-state index in [1.165, 1.54) is 6.07 Å². The van der Waals surface area contributed by atoms with Gasteiger partial charge in [-0.2, -0.15) is 0 Å². The summed E-state index contributed by atoms with van der Waals surface area (Å²) in [6, 6.07) is 8.60. The van der Waals surface area contributed by atoms with E-state index < -0.39 is 0 Å². The molecule has 2 rings (SSSR count). The lowest BCUT2D eigenvalue weighted by Crippen LogP contribution is -2.20. The van der Waals surface area contributed by atoms with Crippen LogP contribution in [-0.2, 0) is 6.54 Å². The maximum Gasteiger partial charge on any atom is 0.127 e. The van der Waals surface area contributed by atoms with Crippen LogP contribution in [-0.4, -0.2) is 9.97 Å². The Hall–Kier alpha value is -1.81. The SMILES string of the molecule is Cc1nccc(CN[C@H](C)c2ccccc2F)n1. The number of benzene rings is 1. The lowest BCUT2D eigenvalue weighted by atomic mass is 10.1. The minimum Gasteiger partial charge on any atom is -0.304 e. The fraction of sp³-hybridized carbons (Fsp3) is 0.286. The van der Waals surface area contributed by atoms with E-state index in [0.717, 1.165) is 11.5 Å². The van der Waals surface area contributed by atoms with Crippen molar-refractivity contribution < 1.29 is 4.39 Å². The topological polar surface area (TPSA) is 37.8 Å². The lowest BCUT2D eigenvalue weighted by Gasteiger charge is -2.14. The Bertz CT molecular complexity index is 528. The van der Waals surface area contributed by atoms with Crippen LogP contribution in [0.3, 0.4) is 0 Å². The van der Waals surface area contributed by atoms with Crippen molar-refractivity contribution in [3.8, 4) is 0 Å². The van der Waals surface area contributed by atoms with Crippen LogP contribution in [0.15, 0.2) is 36.5 Å². The van der Waals surface area contributed by atoms with Gasteiger partial charge in [0.2, 0.25) is 0 Å². The highest BCUT2D eigenvalue weighted by molar-refractivity contribution is 5.20. The van der Waals surface area contributed by atoms with Crippen LogP contribution >= 0.6 is 0 Å². The summed E-state index contributed by atoms with van der Waals surface area (Å²) >= 11 is 0. The first-order valence-electron chi connectivity index (χ1n) is 5.93. The molecule has 1 heterocycles. The standard InChI is InChI=1S/C14H16FN3/c1-10(13-5-3-4-6-14(13)15)17-9-12-7-8-16-11(2)18-12/h3-8,10,17H,9H2,1-2H3/t10-/m1/s1. The van der Waals surface area contributed by atoms with Crippen LogP contribution in [0, 0.1) is 12.7 Å². The summed E-state index contributed by atoms with van der Waals surface area (Å²) in [4.78, 5) is 8.33. The summed E-state index contributed by atoms with van der Waals surface area (Å²) in [6.45, 7) is 4.38. The van der Waals surface area contributed by atoms with Gasteiger partial charge in [-0.25, -0.2) is 14.4 Å². The lowest BCUT2D eigenvalue weighted by molar-refractivity contribution is 0.524. The molecule has 0 radical (unpaired) electrons. The number of nitrogens with one attached hydrogen (secondary N) is 1. The van der Waals surface area contributed by atoms with E-state index in [9.17, 15) is 4.39 Å². The molecule has 0 aliphatic heterocycles. The average molecular weight is 245 g/mol. The Morgan fingerprint density at radius 2 is 2.06 bits per heavy atom. The van der Waals surface area contributed by atoms with Gasteiger partial charge in [-0.05, 0) is 26.0 Å². The molecule has 0 unspecified atom stereocenters. The van der Waals surface area contributed by atoms with Gasteiger partial charge in [-0.15, -0.1) is 0 Å². The van der Waals surface area contributed by atoms with Crippen molar-refractivity contribution >= 4 is 0 Å². The first-order chi connectivity index (χ1) is 8.66. The molecule has 0 amide bonds. The molecule has 1 atom stereocenters. The van der Waals surface area contributed by atoms with Gasteiger partial charge < -0.3 is 5.32 Å². The number of aryl methyl sites for hydroxylation is 1. The van der Waals surface area contributed by atoms with Crippen molar-refractivity contribution in [2.24, 2.45) is 0 Å². The summed E-state index contributed by atoms with van der Waals surface area (Å²) in [5.41, 5.74) is 1.58. The molecule has 4 heteroatoms. The summed E-state index contributed by atoms with van der Waals surface area (Å²) < 4.78 is 13.6. The number of halogens is 1. The zero-order valence-electron chi connectivity index (χ0n) is 10.5. The van der Waals surface area contributed by atoms with E-state index in [0.29, 0.717) is 12.1 Å². The Morgan fingerprint density at radius 3 is 2.78 bits per heavy atom. The molecule has 0 saturated heterocycles. The van der Waals surface area contributed by atoms with E-state index in [1.807, 2.05) is 26.0 Å². The second-order valence-corrected chi connectivity index (χ2v) is 4.22. The van der Waals surface area contributed by atoms with E-state index in [1.54, 1.807) is 18.3 Å². The third-order valence-corrected chi connectivity index (χ3v) is 2.79. The molecule has 0 bridgehead atoms. The summed E-state index contributed by atoms with van der Waals surface area (Å²) in [5, 5.41) is 3.25. The monoisotopic (exact) mass is 245 g/mol. The van der Waals surface area contributed by atoms with Crippen LogP contribution in [0.2, 0.25) is 0 Å². The number of aromatic nitrogens is 2. The van der Waals surface area contributed by atoms with Crippen molar-refractivity contribution in [3.05, 3.63) is 59.4 Å². The van der Waals surface area contributed by atoms with Crippen LogP contribution in [0.5, 0.6) is 0 Å². The summed E-state index contributed by atoms with van der Waals surface area (Å²) in [7, 11) is 0. The first-order valence-corrected chi connectivity index (χ1v) is 5.93. The Labute approximate surface area is 106 Å². The molecule has 0 fully saturated rings. The predicted octanol–water partition coefficient (Wildman–Crippen LogP) is 2.77. The van der Waals surface area contributed by atoms with Gasteiger partial charge >= 0.3 is 0 Å². The molecular formula is C14H16FN3. The number of rotatable bonds is 4. The van der Waals surface area contributed by atoms with Gasteiger partial charge in [0.05, 0.1) is 5.69 Å². The highest BCUT2D eigenvalue weighted by Crippen LogP contribution is 2.16. The predicted molar refractivity (Wildman–Crippen MR) is 68.4 cm³/mol. The average Bonchev–Trinajstić information content (AvgIpc) is 2.37. The maximum absolute atomic E-state index is 13.6. The number of hydrogen-bond acceptors (Lipinski definition) is 3. The van der Waals surface area contributed by atoms with E-state index in [-0.39, 0.29) is 11.9 Å². The molecule has 2 aromatic rings. The van der Waals surface area contributed by atoms with Gasteiger partial charge in [0.1, 0.15) is 11.6 Å². The molecule has 0 spiro atoms. The van der Waals surface area contributed by atoms with Gasteiger partial charge in [-0.1, -0.05) is 18.2 Å². The molecule has 94 valence electrons. The summed E-state index contributed by atoms with van der Waals surface area (Å²) in [5.74, 6) is 0.559. The van der Waals surface area contributed by atoms with Gasteiger partial charge in [0.25, 0.3) is 0 Å². The second-order valence-electron chi connectivity index (χ2n) is 4.22. The van der Waals surface area contributed by atoms with E-state index >= 15 is 0 Å². The molecule has 18 heavy (non-hydrogen) atoms. The molecule has 1 aromatic carbocycles. The van der Waals surface area contributed by atoms with Crippen molar-refractivity contribution in [2.75, 3.05) is 0 Å². The normalized spacial score (nSPS) is 12.4. The summed E-state index contributed by atoms with van der Waals surface area (Å²) in [6.07, 6.45) is 1.73. The zero-order chi connectivity index (χ0) is 13.0. The smallest absolute Gasteiger partial charge is 0.127 e. The number of nitrogens with zero attached hydrogens (tertiary/aromatic N) is 2. The molecule has 3 nitrogen and oxygen atoms in total. The van der Waals surface area contributed by atoms with Crippen LogP contribution < -0.4 is 5.32 Å². The van der Waals surface area contributed by atoms with Gasteiger partial charge in [-0.3, -0.25) is 0 Å². The van der Waals surface area contributed by atoms with Crippen LogP contribution in [0.25, 0.3) is 0 Å².